The molecule has 1 aliphatic rings. The third kappa shape index (κ3) is 1.48. The minimum atomic E-state index is -0.313. The van der Waals surface area contributed by atoms with Gasteiger partial charge in [0.2, 0.25) is 0 Å². The van der Waals surface area contributed by atoms with Gasteiger partial charge in [-0.3, -0.25) is 4.79 Å². The summed E-state index contributed by atoms with van der Waals surface area (Å²) in [6.07, 6.45) is 0.528. The van der Waals surface area contributed by atoms with Crippen LogP contribution in [-0.2, 0) is 0 Å². The Balaban J connectivity index is 2.63. The number of carbonyl (C=O) groups excluding carboxylic acids is 1. The van der Waals surface area contributed by atoms with Gasteiger partial charge in [-0.2, -0.15) is 0 Å². The average molecular weight is 196 g/mol. The zero-order valence-electron chi connectivity index (χ0n) is 7.26. The number of hydrogen-bond donors (Lipinski definition) is 0. The van der Waals surface area contributed by atoms with Crippen molar-refractivity contribution in [3.63, 3.8) is 0 Å². The normalized spacial score (nSPS) is 15.7. The summed E-state index contributed by atoms with van der Waals surface area (Å²) in [5.41, 5.74) is 1.43. The standard InChI is InChI=1S/C10H9FOS/c1-6-4-7(11)5-8-9(12)2-3-13-10(6)8/h4-5H,2-3H2,1H3. The number of ketones is 1. The second-order valence-corrected chi connectivity index (χ2v) is 4.23. The summed E-state index contributed by atoms with van der Waals surface area (Å²) in [6.45, 7) is 1.84. The minimum absolute atomic E-state index is 0.0661. The van der Waals surface area contributed by atoms with Gasteiger partial charge in [-0.1, -0.05) is 0 Å². The first-order chi connectivity index (χ1) is 6.18. The molecule has 0 fully saturated rings. The quantitative estimate of drug-likeness (QED) is 0.634. The Morgan fingerprint density at radius 1 is 1.46 bits per heavy atom. The Labute approximate surface area is 80.3 Å². The van der Waals surface area contributed by atoms with Crippen LogP contribution in [0.3, 0.4) is 0 Å². The van der Waals surface area contributed by atoms with Gasteiger partial charge in [-0.25, -0.2) is 4.39 Å². The summed E-state index contributed by atoms with van der Waals surface area (Å²) in [6, 6.07) is 2.82. The molecule has 0 aromatic heterocycles. The first-order valence-corrected chi connectivity index (χ1v) is 5.13. The lowest BCUT2D eigenvalue weighted by molar-refractivity contribution is 0.0984. The van der Waals surface area contributed by atoms with E-state index < -0.39 is 0 Å². The van der Waals surface area contributed by atoms with E-state index in [0.717, 1.165) is 16.2 Å². The van der Waals surface area contributed by atoms with E-state index in [4.69, 9.17) is 0 Å². The molecule has 1 nitrogen and oxygen atoms in total. The first-order valence-electron chi connectivity index (χ1n) is 4.14. The van der Waals surface area contributed by atoms with Crippen molar-refractivity contribution in [2.24, 2.45) is 0 Å². The highest BCUT2D eigenvalue weighted by Crippen LogP contribution is 2.33. The van der Waals surface area contributed by atoms with Crippen molar-refractivity contribution < 1.29 is 9.18 Å². The van der Waals surface area contributed by atoms with Gasteiger partial charge >= 0.3 is 0 Å². The Morgan fingerprint density at radius 2 is 2.23 bits per heavy atom. The lowest BCUT2D eigenvalue weighted by Gasteiger charge is -2.16. The summed E-state index contributed by atoms with van der Waals surface area (Å²) >= 11 is 1.64. The molecule has 0 bridgehead atoms. The molecule has 13 heavy (non-hydrogen) atoms. The second-order valence-electron chi connectivity index (χ2n) is 3.12. The van der Waals surface area contributed by atoms with Crippen molar-refractivity contribution in [1.29, 1.82) is 0 Å². The molecule has 1 aromatic rings. The van der Waals surface area contributed by atoms with Gasteiger partial charge in [0.25, 0.3) is 0 Å². The molecule has 0 atom stereocenters. The molecular formula is C10H9FOS. The van der Waals surface area contributed by atoms with Gasteiger partial charge in [0.05, 0.1) is 0 Å². The molecule has 1 heterocycles. The summed E-state index contributed by atoms with van der Waals surface area (Å²) < 4.78 is 13.0. The van der Waals surface area contributed by atoms with Gasteiger partial charge in [0, 0.05) is 22.6 Å². The van der Waals surface area contributed by atoms with Crippen LogP contribution in [-0.4, -0.2) is 11.5 Å². The van der Waals surface area contributed by atoms with Gasteiger partial charge in [-0.05, 0) is 24.6 Å². The lowest BCUT2D eigenvalue weighted by Crippen LogP contribution is -2.09. The van der Waals surface area contributed by atoms with E-state index in [9.17, 15) is 9.18 Å². The number of Topliss-reactive ketones (excluding diaryl/α,β-unsaturated/α-hetero) is 1. The summed E-state index contributed by atoms with van der Waals surface area (Å²) in [5, 5.41) is 0. The van der Waals surface area contributed by atoms with Crippen LogP contribution in [0.15, 0.2) is 17.0 Å². The summed E-state index contributed by atoms with van der Waals surface area (Å²) in [4.78, 5) is 12.4. The minimum Gasteiger partial charge on any atom is -0.294 e. The molecule has 1 aromatic carbocycles. The Morgan fingerprint density at radius 3 is 3.00 bits per heavy atom. The highest BCUT2D eigenvalue weighted by molar-refractivity contribution is 7.99. The van der Waals surface area contributed by atoms with Crippen molar-refractivity contribution in [1.82, 2.24) is 0 Å². The molecule has 0 unspecified atom stereocenters. The van der Waals surface area contributed by atoms with Crippen molar-refractivity contribution in [3.05, 3.63) is 29.1 Å². The number of carbonyl (C=O) groups is 1. The molecule has 68 valence electrons. The van der Waals surface area contributed by atoms with Crippen LogP contribution in [0.1, 0.15) is 22.3 Å². The molecule has 0 saturated heterocycles. The van der Waals surface area contributed by atoms with Crippen LogP contribution < -0.4 is 0 Å². The third-order valence-corrected chi connectivity index (χ3v) is 3.35. The van der Waals surface area contributed by atoms with Gasteiger partial charge in [0.15, 0.2) is 5.78 Å². The van der Waals surface area contributed by atoms with Crippen LogP contribution in [0.5, 0.6) is 0 Å². The van der Waals surface area contributed by atoms with Crippen molar-refractivity contribution >= 4 is 17.5 Å². The van der Waals surface area contributed by atoms with E-state index in [2.05, 4.69) is 0 Å². The molecule has 0 N–H and O–H groups in total. The van der Waals surface area contributed by atoms with Crippen molar-refractivity contribution in [3.8, 4) is 0 Å². The largest absolute Gasteiger partial charge is 0.294 e. The molecule has 1 aliphatic heterocycles. The van der Waals surface area contributed by atoms with Crippen LogP contribution in [0.2, 0.25) is 0 Å². The van der Waals surface area contributed by atoms with Crippen LogP contribution >= 0.6 is 11.8 Å². The van der Waals surface area contributed by atoms with Gasteiger partial charge in [0.1, 0.15) is 5.82 Å². The van der Waals surface area contributed by atoms with E-state index in [0.29, 0.717) is 12.0 Å². The number of hydrogen-bond acceptors (Lipinski definition) is 2. The third-order valence-electron chi connectivity index (χ3n) is 2.12. The fraction of sp³-hybridized carbons (Fsp3) is 0.300. The average Bonchev–Trinajstić information content (AvgIpc) is 2.07. The van der Waals surface area contributed by atoms with Crippen molar-refractivity contribution in [2.75, 3.05) is 5.75 Å². The van der Waals surface area contributed by atoms with Crippen LogP contribution in [0, 0.1) is 12.7 Å². The highest BCUT2D eigenvalue weighted by Gasteiger charge is 2.19. The number of rotatable bonds is 0. The van der Waals surface area contributed by atoms with Gasteiger partial charge < -0.3 is 0 Å². The molecule has 0 radical (unpaired) electrons. The summed E-state index contributed by atoms with van der Waals surface area (Å²) in [7, 11) is 0. The predicted octanol–water partition coefficient (Wildman–Crippen LogP) is 2.81. The smallest absolute Gasteiger partial charge is 0.164 e. The summed E-state index contributed by atoms with van der Waals surface area (Å²) in [5.74, 6) is 0.571. The molecule has 0 saturated carbocycles. The van der Waals surface area contributed by atoms with E-state index in [1.807, 2.05) is 6.92 Å². The van der Waals surface area contributed by atoms with E-state index in [1.165, 1.54) is 12.1 Å². The molecule has 0 amide bonds. The van der Waals surface area contributed by atoms with E-state index in [1.54, 1.807) is 11.8 Å². The Bertz CT molecular complexity index is 373. The maximum absolute atomic E-state index is 13.0. The second kappa shape index (κ2) is 3.14. The first kappa shape index (κ1) is 8.75. The fourth-order valence-corrected chi connectivity index (χ4v) is 2.62. The highest BCUT2D eigenvalue weighted by atomic mass is 32.2. The van der Waals surface area contributed by atoms with Crippen LogP contribution in [0.4, 0.5) is 4.39 Å². The molecule has 0 spiro atoms. The monoisotopic (exact) mass is 196 g/mol. The maximum atomic E-state index is 13.0. The molecule has 0 aliphatic carbocycles. The number of halogens is 1. The Kier molecular flexibility index (Phi) is 2.12. The zero-order valence-corrected chi connectivity index (χ0v) is 8.08. The number of thioether (sulfide) groups is 1. The zero-order chi connectivity index (χ0) is 9.42. The number of benzene rings is 1. The topological polar surface area (TPSA) is 17.1 Å². The molecule has 3 heteroatoms. The number of aryl methyl sites for hydroxylation is 1. The van der Waals surface area contributed by atoms with E-state index in [-0.39, 0.29) is 11.6 Å². The van der Waals surface area contributed by atoms with Gasteiger partial charge in [-0.15, -0.1) is 11.8 Å². The van der Waals surface area contributed by atoms with E-state index >= 15 is 0 Å². The predicted molar refractivity (Wildman–Crippen MR) is 50.8 cm³/mol. The molecule has 2 rings (SSSR count). The number of fused-ring (bicyclic) bond motifs is 1. The van der Waals surface area contributed by atoms with Crippen LogP contribution in [0.25, 0.3) is 0 Å². The maximum Gasteiger partial charge on any atom is 0.164 e. The van der Waals surface area contributed by atoms with Crippen molar-refractivity contribution in [2.45, 2.75) is 18.2 Å². The fourth-order valence-electron chi connectivity index (χ4n) is 1.51. The lowest BCUT2D eigenvalue weighted by atomic mass is 10.1. The SMILES string of the molecule is Cc1cc(F)cc2c1SCCC2=O. The molecular weight excluding hydrogens is 187 g/mol. The Hall–Kier alpha value is -0.830.